The number of rotatable bonds is 8. The van der Waals surface area contributed by atoms with Crippen LogP contribution in [0, 0.1) is 11.3 Å². The molecule has 36 heavy (non-hydrogen) atoms. The minimum Gasteiger partial charge on any atom is -0.497 e. The summed E-state index contributed by atoms with van der Waals surface area (Å²) in [4.78, 5) is 26.0. The Labute approximate surface area is 217 Å². The van der Waals surface area contributed by atoms with Crippen molar-refractivity contribution in [3.8, 4) is 11.8 Å². The van der Waals surface area contributed by atoms with Gasteiger partial charge in [-0.05, 0) is 65.7 Å². The average molecular weight is 517 g/mol. The van der Waals surface area contributed by atoms with Crippen LogP contribution in [0.3, 0.4) is 0 Å². The second kappa shape index (κ2) is 11.6. The second-order valence-electron chi connectivity index (χ2n) is 7.89. The van der Waals surface area contributed by atoms with Gasteiger partial charge in [0.25, 0.3) is 5.91 Å². The van der Waals surface area contributed by atoms with Gasteiger partial charge in [-0.25, -0.2) is 0 Å². The van der Waals surface area contributed by atoms with Crippen LogP contribution in [0.2, 0.25) is 0 Å². The van der Waals surface area contributed by atoms with Crippen LogP contribution in [0.4, 0.5) is 11.4 Å². The van der Waals surface area contributed by atoms with Crippen molar-refractivity contribution in [2.75, 3.05) is 23.5 Å². The van der Waals surface area contributed by atoms with Crippen molar-refractivity contribution in [3.05, 3.63) is 98.9 Å². The molecule has 0 aliphatic carbocycles. The maximum atomic E-state index is 13.3. The van der Waals surface area contributed by atoms with Crippen molar-refractivity contribution in [3.63, 3.8) is 0 Å². The molecule has 1 aliphatic rings. The number of nitrogens with zero attached hydrogens (tertiary/aromatic N) is 1. The molecule has 1 aromatic heterocycles. The molecular formula is C27H24N4O3S2. The van der Waals surface area contributed by atoms with Crippen LogP contribution >= 0.6 is 23.1 Å². The Morgan fingerprint density at radius 3 is 2.44 bits per heavy atom. The number of ether oxygens (including phenoxy) is 1. The minimum absolute atomic E-state index is 0.0920. The van der Waals surface area contributed by atoms with E-state index >= 15 is 0 Å². The SMILES string of the molecule is COc1ccc(NC(=O)CSC2=C(C#N)C(c3ccsc3)C(C(=O)Nc3ccccc3)=C(C)N2)cc1. The topological polar surface area (TPSA) is 103 Å². The summed E-state index contributed by atoms with van der Waals surface area (Å²) in [5.74, 6) is -0.242. The molecule has 0 saturated carbocycles. The van der Waals surface area contributed by atoms with Crippen LogP contribution in [0.5, 0.6) is 5.75 Å². The van der Waals surface area contributed by atoms with Gasteiger partial charge >= 0.3 is 0 Å². The molecule has 2 amide bonds. The van der Waals surface area contributed by atoms with Crippen molar-refractivity contribution < 1.29 is 14.3 Å². The maximum Gasteiger partial charge on any atom is 0.254 e. The first-order chi connectivity index (χ1) is 17.5. The number of hydrogen-bond donors (Lipinski definition) is 3. The Morgan fingerprint density at radius 1 is 1.08 bits per heavy atom. The molecule has 7 nitrogen and oxygen atoms in total. The van der Waals surface area contributed by atoms with Crippen LogP contribution in [-0.4, -0.2) is 24.7 Å². The molecule has 0 bridgehead atoms. The summed E-state index contributed by atoms with van der Waals surface area (Å²) in [6.45, 7) is 1.81. The fraction of sp³-hybridized carbons (Fsp3) is 0.148. The van der Waals surface area contributed by atoms with Gasteiger partial charge in [-0.15, -0.1) is 0 Å². The van der Waals surface area contributed by atoms with Gasteiger partial charge in [0.15, 0.2) is 0 Å². The highest BCUT2D eigenvalue weighted by Gasteiger charge is 2.35. The molecule has 1 aliphatic heterocycles. The van der Waals surface area contributed by atoms with Gasteiger partial charge in [0.1, 0.15) is 5.75 Å². The summed E-state index contributed by atoms with van der Waals surface area (Å²) < 4.78 is 5.14. The summed E-state index contributed by atoms with van der Waals surface area (Å²) in [6, 6.07) is 20.5. The van der Waals surface area contributed by atoms with Crippen molar-refractivity contribution in [1.82, 2.24) is 5.32 Å². The molecule has 0 spiro atoms. The number of methoxy groups -OCH3 is 1. The molecule has 2 aromatic carbocycles. The normalized spacial score (nSPS) is 15.1. The molecule has 1 atom stereocenters. The molecule has 0 saturated heterocycles. The number of amides is 2. The molecule has 9 heteroatoms. The number of carbonyl (C=O) groups excluding carboxylic acids is 2. The van der Waals surface area contributed by atoms with E-state index in [0.717, 1.165) is 5.56 Å². The molecule has 3 aromatic rings. The number of carbonyl (C=O) groups is 2. The number of dihydropyridines is 1. The Hall–Kier alpha value is -4.00. The lowest BCUT2D eigenvalue weighted by atomic mass is 9.83. The van der Waals surface area contributed by atoms with Crippen LogP contribution < -0.4 is 20.7 Å². The molecule has 1 unspecified atom stereocenters. The molecule has 3 N–H and O–H groups in total. The highest BCUT2D eigenvalue weighted by Crippen LogP contribution is 2.41. The zero-order chi connectivity index (χ0) is 25.5. The molecule has 4 rings (SSSR count). The lowest BCUT2D eigenvalue weighted by molar-refractivity contribution is -0.114. The number of hydrogen-bond acceptors (Lipinski definition) is 7. The van der Waals surface area contributed by atoms with E-state index < -0.39 is 5.92 Å². The van der Waals surface area contributed by atoms with Gasteiger partial charge in [-0.3, -0.25) is 9.59 Å². The molecule has 2 heterocycles. The van der Waals surface area contributed by atoms with Crippen molar-refractivity contribution in [2.24, 2.45) is 0 Å². The first-order valence-electron chi connectivity index (χ1n) is 11.1. The number of benzene rings is 2. The summed E-state index contributed by atoms with van der Waals surface area (Å²) in [7, 11) is 1.58. The molecule has 182 valence electrons. The van der Waals surface area contributed by atoms with Gasteiger partial charge < -0.3 is 20.7 Å². The highest BCUT2D eigenvalue weighted by atomic mass is 32.2. The first kappa shape index (κ1) is 25.1. The number of anilines is 2. The monoisotopic (exact) mass is 516 g/mol. The fourth-order valence-corrected chi connectivity index (χ4v) is 5.41. The summed E-state index contributed by atoms with van der Waals surface area (Å²) >= 11 is 2.74. The van der Waals surface area contributed by atoms with E-state index in [2.05, 4.69) is 22.0 Å². The second-order valence-corrected chi connectivity index (χ2v) is 9.66. The van der Waals surface area contributed by atoms with E-state index in [4.69, 9.17) is 4.74 Å². The number of thioether (sulfide) groups is 1. The number of para-hydroxylation sites is 1. The molecular weight excluding hydrogens is 492 g/mol. The van der Waals surface area contributed by atoms with Crippen LogP contribution in [0.25, 0.3) is 0 Å². The number of nitrogens with one attached hydrogen (secondary N) is 3. The van der Waals surface area contributed by atoms with Gasteiger partial charge in [0.2, 0.25) is 5.91 Å². The molecule has 0 fully saturated rings. The summed E-state index contributed by atoms with van der Waals surface area (Å²) in [6.07, 6.45) is 0. The van der Waals surface area contributed by atoms with E-state index in [1.807, 2.05) is 54.1 Å². The van der Waals surface area contributed by atoms with Crippen molar-refractivity contribution >= 4 is 46.3 Å². The Bertz CT molecular complexity index is 1340. The third-order valence-corrected chi connectivity index (χ3v) is 7.24. The Balaban J connectivity index is 1.55. The fourth-order valence-electron chi connectivity index (χ4n) is 3.83. The smallest absolute Gasteiger partial charge is 0.254 e. The number of allylic oxidation sites excluding steroid dienone is 2. The van der Waals surface area contributed by atoms with E-state index in [1.165, 1.54) is 23.1 Å². The lowest BCUT2D eigenvalue weighted by Crippen LogP contribution is -2.31. The maximum absolute atomic E-state index is 13.3. The van der Waals surface area contributed by atoms with Crippen LogP contribution in [0.15, 0.2) is 93.3 Å². The van der Waals surface area contributed by atoms with Gasteiger partial charge in [0.05, 0.1) is 35.5 Å². The third kappa shape index (κ3) is 5.79. The Kier molecular flexibility index (Phi) is 8.10. The third-order valence-electron chi connectivity index (χ3n) is 5.52. The van der Waals surface area contributed by atoms with Gasteiger partial charge in [0, 0.05) is 22.6 Å². The van der Waals surface area contributed by atoms with Crippen molar-refractivity contribution in [2.45, 2.75) is 12.8 Å². The highest BCUT2D eigenvalue weighted by molar-refractivity contribution is 8.03. The Morgan fingerprint density at radius 2 is 1.81 bits per heavy atom. The van der Waals surface area contributed by atoms with Crippen LogP contribution in [0.1, 0.15) is 18.4 Å². The zero-order valence-corrected chi connectivity index (χ0v) is 21.3. The van der Waals surface area contributed by atoms with Crippen LogP contribution in [-0.2, 0) is 9.59 Å². The largest absolute Gasteiger partial charge is 0.497 e. The van der Waals surface area contributed by atoms with E-state index in [1.54, 1.807) is 31.4 Å². The van der Waals surface area contributed by atoms with Gasteiger partial charge in [-0.1, -0.05) is 30.0 Å². The zero-order valence-electron chi connectivity index (χ0n) is 19.7. The van der Waals surface area contributed by atoms with E-state index in [-0.39, 0.29) is 17.6 Å². The van der Waals surface area contributed by atoms with E-state index in [0.29, 0.717) is 39.0 Å². The lowest BCUT2D eigenvalue weighted by Gasteiger charge is -2.29. The van der Waals surface area contributed by atoms with Crippen molar-refractivity contribution in [1.29, 1.82) is 5.26 Å². The number of nitriles is 1. The van der Waals surface area contributed by atoms with E-state index in [9.17, 15) is 14.9 Å². The average Bonchev–Trinajstić information content (AvgIpc) is 3.42. The van der Waals surface area contributed by atoms with Gasteiger partial charge in [-0.2, -0.15) is 16.6 Å². The summed E-state index contributed by atoms with van der Waals surface area (Å²) in [5, 5.41) is 23.5. The standard InChI is InChI=1S/C27H24N4O3S2/c1-17-24(26(33)31-19-6-4-3-5-7-19)25(18-12-13-35-15-18)22(14-28)27(29-17)36-16-23(32)30-20-8-10-21(34-2)11-9-20/h3-13,15,25,29H,16H2,1-2H3,(H,30,32)(H,31,33). The molecule has 0 radical (unpaired) electrons. The first-order valence-corrected chi connectivity index (χ1v) is 13.0. The quantitative estimate of drug-likeness (QED) is 0.367. The predicted octanol–water partition coefficient (Wildman–Crippen LogP) is 5.46. The summed E-state index contributed by atoms with van der Waals surface area (Å²) in [5.41, 5.74) is 3.69. The minimum atomic E-state index is -0.543. The predicted molar refractivity (Wildman–Crippen MR) is 145 cm³/mol. The number of thiophene rings is 1.